The van der Waals surface area contributed by atoms with Crippen molar-refractivity contribution in [3.63, 3.8) is 0 Å². The molecule has 0 saturated carbocycles. The minimum atomic E-state index is -3.60. The van der Waals surface area contributed by atoms with Gasteiger partial charge in [-0.25, -0.2) is 13.1 Å². The van der Waals surface area contributed by atoms with Crippen molar-refractivity contribution in [2.45, 2.75) is 38.1 Å². The van der Waals surface area contributed by atoms with Gasteiger partial charge in [-0.2, -0.15) is 0 Å². The van der Waals surface area contributed by atoms with E-state index in [1.165, 1.54) is 17.0 Å². The molecule has 0 fully saturated rings. The molecule has 1 aliphatic heterocycles. The van der Waals surface area contributed by atoms with Crippen LogP contribution in [0.1, 0.15) is 26.3 Å². The molecule has 0 bridgehead atoms. The number of nitrogens with one attached hydrogen (secondary N) is 2. The standard InChI is InChI=1S/C17H26N4O4S/c1-4-20-26(24,25)13-6-5-12-7-8-21(14(12)9-13)15(22)10-19-17(23)16(18)11(2)3/h5-6,9,11,16,20H,4,7-8,10,18H2,1-3H3,(H,19,23)/t16-/m0/s1. The lowest BCUT2D eigenvalue weighted by Gasteiger charge is -2.20. The zero-order valence-corrected chi connectivity index (χ0v) is 16.1. The molecular weight excluding hydrogens is 356 g/mol. The number of rotatable bonds is 7. The Morgan fingerprint density at radius 2 is 2.00 bits per heavy atom. The lowest BCUT2D eigenvalue weighted by atomic mass is 10.1. The molecule has 1 aliphatic rings. The number of hydrogen-bond donors (Lipinski definition) is 3. The smallest absolute Gasteiger partial charge is 0.246 e. The van der Waals surface area contributed by atoms with Crippen LogP contribution in [0.5, 0.6) is 0 Å². The van der Waals surface area contributed by atoms with E-state index >= 15 is 0 Å². The van der Waals surface area contributed by atoms with Gasteiger partial charge in [0.15, 0.2) is 0 Å². The molecule has 0 radical (unpaired) electrons. The summed E-state index contributed by atoms with van der Waals surface area (Å²) in [5.74, 6) is -0.709. The van der Waals surface area contributed by atoms with Crippen LogP contribution >= 0.6 is 0 Å². The summed E-state index contributed by atoms with van der Waals surface area (Å²) < 4.78 is 26.8. The third-order valence-electron chi connectivity index (χ3n) is 4.33. The lowest BCUT2D eigenvalue weighted by molar-refractivity contribution is -0.126. The van der Waals surface area contributed by atoms with E-state index in [0.29, 0.717) is 18.7 Å². The molecule has 0 saturated heterocycles. The number of hydrogen-bond acceptors (Lipinski definition) is 5. The molecule has 8 nitrogen and oxygen atoms in total. The molecule has 9 heteroatoms. The van der Waals surface area contributed by atoms with Crippen LogP contribution in [0.2, 0.25) is 0 Å². The highest BCUT2D eigenvalue weighted by molar-refractivity contribution is 7.89. The Morgan fingerprint density at radius 1 is 1.31 bits per heavy atom. The average molecular weight is 382 g/mol. The van der Waals surface area contributed by atoms with Gasteiger partial charge in [0.05, 0.1) is 17.5 Å². The molecule has 0 aliphatic carbocycles. The number of carbonyl (C=O) groups excluding carboxylic acids is 2. The molecule has 1 atom stereocenters. The molecule has 0 aromatic heterocycles. The van der Waals surface area contributed by atoms with E-state index in [4.69, 9.17) is 5.73 Å². The molecule has 1 aromatic carbocycles. The van der Waals surface area contributed by atoms with Crippen molar-refractivity contribution < 1.29 is 18.0 Å². The van der Waals surface area contributed by atoms with Gasteiger partial charge in [-0.15, -0.1) is 0 Å². The van der Waals surface area contributed by atoms with Gasteiger partial charge in [-0.3, -0.25) is 9.59 Å². The first-order valence-corrected chi connectivity index (χ1v) is 10.1. The Balaban J connectivity index is 2.13. The summed E-state index contributed by atoms with van der Waals surface area (Å²) in [5.41, 5.74) is 7.23. The number of amides is 2. The van der Waals surface area contributed by atoms with Crippen LogP contribution in [0, 0.1) is 5.92 Å². The third-order valence-corrected chi connectivity index (χ3v) is 5.88. The fourth-order valence-corrected chi connectivity index (χ4v) is 3.80. The fourth-order valence-electron chi connectivity index (χ4n) is 2.74. The summed E-state index contributed by atoms with van der Waals surface area (Å²) in [6, 6.07) is 4.08. The van der Waals surface area contributed by atoms with Gasteiger partial charge in [-0.1, -0.05) is 26.8 Å². The molecule has 144 valence electrons. The van der Waals surface area contributed by atoms with Crippen molar-refractivity contribution in [1.29, 1.82) is 0 Å². The maximum atomic E-state index is 12.5. The molecule has 2 rings (SSSR count). The number of carbonyl (C=O) groups is 2. The van der Waals surface area contributed by atoms with E-state index in [1.807, 2.05) is 13.8 Å². The van der Waals surface area contributed by atoms with E-state index in [9.17, 15) is 18.0 Å². The van der Waals surface area contributed by atoms with Crippen molar-refractivity contribution in [1.82, 2.24) is 10.0 Å². The Kier molecular flexibility index (Phi) is 6.38. The molecule has 1 aromatic rings. The van der Waals surface area contributed by atoms with E-state index in [1.54, 1.807) is 13.0 Å². The number of sulfonamides is 1. The summed E-state index contributed by atoms with van der Waals surface area (Å²) in [6.07, 6.45) is 0.641. The van der Waals surface area contributed by atoms with Crippen LogP contribution in [0.25, 0.3) is 0 Å². The number of fused-ring (bicyclic) bond motifs is 1. The molecule has 0 unspecified atom stereocenters. The highest BCUT2D eigenvalue weighted by atomic mass is 32.2. The van der Waals surface area contributed by atoms with Crippen LogP contribution in [0.4, 0.5) is 5.69 Å². The predicted molar refractivity (Wildman–Crippen MR) is 99.2 cm³/mol. The Labute approximate surface area is 154 Å². The topological polar surface area (TPSA) is 122 Å². The van der Waals surface area contributed by atoms with Crippen molar-refractivity contribution >= 4 is 27.5 Å². The van der Waals surface area contributed by atoms with E-state index in [2.05, 4.69) is 10.0 Å². The fraction of sp³-hybridized carbons (Fsp3) is 0.529. The van der Waals surface area contributed by atoms with Crippen molar-refractivity contribution in [2.75, 3.05) is 24.5 Å². The van der Waals surface area contributed by atoms with E-state index in [0.717, 1.165) is 5.56 Å². The van der Waals surface area contributed by atoms with Gasteiger partial charge in [0, 0.05) is 18.8 Å². The molecule has 2 amide bonds. The Hall–Kier alpha value is -1.97. The van der Waals surface area contributed by atoms with Gasteiger partial charge < -0.3 is 16.0 Å². The first kappa shape index (κ1) is 20.3. The Morgan fingerprint density at radius 3 is 2.62 bits per heavy atom. The van der Waals surface area contributed by atoms with E-state index in [-0.39, 0.29) is 35.7 Å². The SMILES string of the molecule is CCNS(=O)(=O)c1ccc2c(c1)N(C(=O)CNC(=O)[C@@H](N)C(C)C)CC2. The highest BCUT2D eigenvalue weighted by Crippen LogP contribution is 2.30. The molecular formula is C17H26N4O4S. The Bertz CT molecular complexity index is 792. The van der Waals surface area contributed by atoms with Crippen LogP contribution in [0.15, 0.2) is 23.1 Å². The van der Waals surface area contributed by atoms with Crippen LogP contribution in [-0.4, -0.2) is 45.9 Å². The molecule has 0 spiro atoms. The second kappa shape index (κ2) is 8.15. The summed E-state index contributed by atoms with van der Waals surface area (Å²) in [6.45, 7) is 5.91. The number of nitrogens with two attached hydrogens (primary N) is 1. The molecule has 26 heavy (non-hydrogen) atoms. The first-order valence-electron chi connectivity index (χ1n) is 8.63. The normalized spacial score (nSPS) is 15.0. The number of nitrogens with zero attached hydrogens (tertiary/aromatic N) is 1. The van der Waals surface area contributed by atoms with Gasteiger partial charge in [0.2, 0.25) is 21.8 Å². The molecule has 1 heterocycles. The van der Waals surface area contributed by atoms with Gasteiger partial charge >= 0.3 is 0 Å². The quantitative estimate of drug-likeness (QED) is 0.611. The minimum absolute atomic E-state index is 0.0311. The largest absolute Gasteiger partial charge is 0.346 e. The maximum absolute atomic E-state index is 12.5. The zero-order valence-electron chi connectivity index (χ0n) is 15.3. The van der Waals surface area contributed by atoms with E-state index < -0.39 is 16.1 Å². The lowest BCUT2D eigenvalue weighted by Crippen LogP contribution is -2.47. The predicted octanol–water partition coefficient (Wildman–Crippen LogP) is -0.0266. The van der Waals surface area contributed by atoms with Crippen molar-refractivity contribution in [2.24, 2.45) is 11.7 Å². The monoisotopic (exact) mass is 382 g/mol. The summed E-state index contributed by atoms with van der Waals surface area (Å²) >= 11 is 0. The second-order valence-electron chi connectivity index (χ2n) is 6.57. The summed E-state index contributed by atoms with van der Waals surface area (Å²) in [7, 11) is -3.60. The summed E-state index contributed by atoms with van der Waals surface area (Å²) in [5, 5.41) is 2.55. The highest BCUT2D eigenvalue weighted by Gasteiger charge is 2.27. The van der Waals surface area contributed by atoms with Gasteiger partial charge in [0.25, 0.3) is 0 Å². The number of benzene rings is 1. The van der Waals surface area contributed by atoms with Crippen LogP contribution in [0.3, 0.4) is 0 Å². The third kappa shape index (κ3) is 4.40. The van der Waals surface area contributed by atoms with Crippen molar-refractivity contribution in [3.8, 4) is 0 Å². The van der Waals surface area contributed by atoms with Crippen molar-refractivity contribution in [3.05, 3.63) is 23.8 Å². The molecule has 4 N–H and O–H groups in total. The van der Waals surface area contributed by atoms with Gasteiger partial charge in [0.1, 0.15) is 0 Å². The minimum Gasteiger partial charge on any atom is -0.346 e. The number of anilines is 1. The van der Waals surface area contributed by atoms with Crippen LogP contribution in [-0.2, 0) is 26.0 Å². The summed E-state index contributed by atoms with van der Waals surface area (Å²) in [4.78, 5) is 26.0. The van der Waals surface area contributed by atoms with Gasteiger partial charge in [-0.05, 0) is 30.0 Å². The average Bonchev–Trinajstić information content (AvgIpc) is 3.01. The van der Waals surface area contributed by atoms with Crippen LogP contribution < -0.4 is 20.7 Å². The maximum Gasteiger partial charge on any atom is 0.246 e. The zero-order chi connectivity index (χ0) is 19.5. The first-order chi connectivity index (χ1) is 12.2. The second-order valence-corrected chi connectivity index (χ2v) is 8.34.